The summed E-state index contributed by atoms with van der Waals surface area (Å²) in [4.78, 5) is 59.3. The zero-order valence-electron chi connectivity index (χ0n) is 34.1. The Morgan fingerprint density at radius 3 is 1.49 bits per heavy atom. The maximum absolute atomic E-state index is 12.7. The molecule has 2 heterocycles. The summed E-state index contributed by atoms with van der Waals surface area (Å²) < 4.78 is 19.4. The van der Waals surface area contributed by atoms with E-state index in [0.29, 0.717) is 71.7 Å². The number of allylic oxidation sites excluding steroid dienone is 1. The monoisotopic (exact) mass is 840 g/mol. The maximum atomic E-state index is 12.7. The van der Waals surface area contributed by atoms with Crippen LogP contribution >= 0.6 is 22.7 Å². The molecule has 14 heteroatoms. The van der Waals surface area contributed by atoms with Gasteiger partial charge in [-0.3, -0.25) is 24.0 Å². The second-order valence-corrected chi connectivity index (χ2v) is 15.9. The number of benzene rings is 4. The zero-order valence-corrected chi connectivity index (χ0v) is 35.7. The van der Waals surface area contributed by atoms with E-state index in [2.05, 4.69) is 41.1 Å². The van der Waals surface area contributed by atoms with Crippen molar-refractivity contribution in [2.24, 2.45) is 17.6 Å². The van der Waals surface area contributed by atoms with Gasteiger partial charge in [0.25, 0.3) is 11.8 Å². The van der Waals surface area contributed by atoms with Gasteiger partial charge < -0.3 is 35.9 Å². The number of carbonyl (C=O) groups excluding carboxylic acids is 3. The summed E-state index contributed by atoms with van der Waals surface area (Å²) in [6.07, 6.45) is 0. The summed E-state index contributed by atoms with van der Waals surface area (Å²) >= 11 is 3.13. The summed E-state index contributed by atoms with van der Waals surface area (Å²) in [5, 5.41) is 11.2. The minimum absolute atomic E-state index is 0.00921. The molecule has 0 saturated heterocycles. The van der Waals surface area contributed by atoms with Crippen molar-refractivity contribution in [2.45, 2.75) is 34.6 Å². The summed E-state index contributed by atoms with van der Waals surface area (Å²) in [6, 6.07) is 25.8. The number of carbonyl (C=O) groups is 3. The predicted molar refractivity (Wildman–Crippen MR) is 241 cm³/mol. The second-order valence-electron chi connectivity index (χ2n) is 13.8. The molecular formula is C45H52N4O8S2. The number of esters is 1. The Balaban J connectivity index is 0.000000223. The van der Waals surface area contributed by atoms with Gasteiger partial charge in [0.15, 0.2) is 24.1 Å². The van der Waals surface area contributed by atoms with Crippen LogP contribution in [-0.2, 0) is 19.1 Å². The normalized spacial score (nSPS) is 10.7. The molecule has 6 aromatic rings. The minimum Gasteiger partial charge on any atom is -0.484 e. The standard InChI is InChI=1S/C22H24N2O3S.C17H16N2O3S.C6H12O2/c1-14(2)15(3)23-10-11-24-21(25)13-27-16-8-9-20-18(12-16)22(26)17-6-4-5-7-19(17)28-20;18-7-8-19-16(20)10-22-11-5-6-15-13(9-11)17(21)12-3-1-2-4-14(12)23-15;1-4-8-6(7)5(2)3/h4-9,12,14,23H,3,10-11,13H2,1-2H3,(H,24,25);1-6,9H,7-8,10,18H2,(H,19,20);5H,4H2,1-3H3. The van der Waals surface area contributed by atoms with E-state index in [0.717, 1.165) is 24.5 Å². The van der Waals surface area contributed by atoms with Crippen molar-refractivity contribution in [1.82, 2.24) is 16.0 Å². The van der Waals surface area contributed by atoms with Gasteiger partial charge in [-0.1, -0.05) is 58.5 Å². The van der Waals surface area contributed by atoms with Crippen LogP contribution in [0.1, 0.15) is 34.6 Å². The highest BCUT2D eigenvalue weighted by Crippen LogP contribution is 2.28. The van der Waals surface area contributed by atoms with E-state index in [9.17, 15) is 24.0 Å². The van der Waals surface area contributed by atoms with Gasteiger partial charge in [0, 0.05) is 72.2 Å². The van der Waals surface area contributed by atoms with Crippen molar-refractivity contribution in [3.05, 3.63) is 118 Å². The molecular weight excluding hydrogens is 789 g/mol. The van der Waals surface area contributed by atoms with E-state index >= 15 is 0 Å². The maximum Gasteiger partial charge on any atom is 0.308 e. The lowest BCUT2D eigenvalue weighted by atomic mass is 10.1. The van der Waals surface area contributed by atoms with E-state index in [1.54, 1.807) is 53.9 Å². The van der Waals surface area contributed by atoms with Gasteiger partial charge in [-0.2, -0.15) is 0 Å². The Labute approximate surface area is 351 Å². The second kappa shape index (κ2) is 22.9. The van der Waals surface area contributed by atoms with Crippen LogP contribution < -0.4 is 42.0 Å². The summed E-state index contributed by atoms with van der Waals surface area (Å²) in [5.41, 5.74) is 6.23. The first-order valence-corrected chi connectivity index (χ1v) is 21.0. The van der Waals surface area contributed by atoms with Gasteiger partial charge in [0.05, 0.1) is 12.5 Å². The first kappa shape index (κ1) is 45.9. The van der Waals surface area contributed by atoms with E-state index < -0.39 is 0 Å². The molecule has 0 aliphatic carbocycles. The summed E-state index contributed by atoms with van der Waals surface area (Å²) in [5.74, 6) is 0.812. The molecule has 0 aliphatic heterocycles. The fourth-order valence-corrected chi connectivity index (χ4v) is 7.40. The highest BCUT2D eigenvalue weighted by Gasteiger charge is 2.10. The smallest absolute Gasteiger partial charge is 0.308 e. The highest BCUT2D eigenvalue weighted by atomic mass is 32.1. The molecule has 0 unspecified atom stereocenters. The van der Waals surface area contributed by atoms with Crippen molar-refractivity contribution in [3.8, 4) is 11.5 Å². The van der Waals surface area contributed by atoms with Gasteiger partial charge in [-0.25, -0.2) is 0 Å². The Kier molecular flexibility index (Phi) is 17.8. The van der Waals surface area contributed by atoms with Crippen LogP contribution in [-0.4, -0.2) is 63.8 Å². The quantitative estimate of drug-likeness (QED) is 0.0493. The average molecular weight is 841 g/mol. The Hall–Kier alpha value is -5.83. The van der Waals surface area contributed by atoms with Crippen molar-refractivity contribution in [1.29, 1.82) is 0 Å². The average Bonchev–Trinajstić information content (AvgIpc) is 3.23. The van der Waals surface area contributed by atoms with E-state index in [4.69, 9.17) is 15.2 Å². The summed E-state index contributed by atoms with van der Waals surface area (Å²) in [6.45, 7) is 15.7. The van der Waals surface area contributed by atoms with Gasteiger partial charge in [-0.15, -0.1) is 22.7 Å². The Bertz CT molecular complexity index is 2510. The van der Waals surface area contributed by atoms with Crippen molar-refractivity contribution in [2.75, 3.05) is 46.0 Å². The number of nitrogens with two attached hydrogens (primary N) is 1. The molecule has 59 heavy (non-hydrogen) atoms. The lowest BCUT2D eigenvalue weighted by Crippen LogP contribution is -2.35. The zero-order chi connectivity index (χ0) is 42.9. The fraction of sp³-hybridized carbons (Fsp3) is 0.311. The van der Waals surface area contributed by atoms with Gasteiger partial charge in [0.1, 0.15) is 11.5 Å². The van der Waals surface area contributed by atoms with Crippen LogP contribution in [0.15, 0.2) is 107 Å². The molecule has 2 amide bonds. The molecule has 0 spiro atoms. The molecule has 2 aromatic heterocycles. The van der Waals surface area contributed by atoms with Crippen molar-refractivity contribution >= 4 is 80.8 Å². The molecule has 0 saturated carbocycles. The highest BCUT2D eigenvalue weighted by molar-refractivity contribution is 7.24. The molecule has 0 atom stereocenters. The number of nitrogens with one attached hydrogen (secondary N) is 3. The SMILES string of the molecule is C=C(NCCNC(=O)COc1ccc2sc3ccccc3c(=O)c2c1)C(C)C.CCOC(=O)C(C)C.NCCNC(=O)COc1ccc2sc3ccccc3c(=O)c2c1. The molecule has 0 radical (unpaired) electrons. The number of ether oxygens (including phenoxy) is 3. The fourth-order valence-electron chi connectivity index (χ4n) is 5.29. The van der Waals surface area contributed by atoms with E-state index in [-0.39, 0.29) is 47.8 Å². The lowest BCUT2D eigenvalue weighted by Gasteiger charge is -2.13. The van der Waals surface area contributed by atoms with Crippen LogP contribution in [0.5, 0.6) is 11.5 Å². The molecule has 5 N–H and O–H groups in total. The molecule has 6 rings (SSSR count). The first-order chi connectivity index (χ1) is 28.3. The van der Waals surface area contributed by atoms with E-state index in [1.165, 1.54) is 0 Å². The largest absolute Gasteiger partial charge is 0.484 e. The number of fused-ring (bicyclic) bond motifs is 4. The molecule has 312 valence electrons. The third kappa shape index (κ3) is 13.6. The Morgan fingerprint density at radius 2 is 1.07 bits per heavy atom. The minimum atomic E-state index is -0.237. The molecule has 0 aliphatic rings. The molecule has 12 nitrogen and oxygen atoms in total. The van der Waals surface area contributed by atoms with Crippen LogP contribution in [0.4, 0.5) is 0 Å². The van der Waals surface area contributed by atoms with Crippen LogP contribution in [0.2, 0.25) is 0 Å². The third-order valence-electron chi connectivity index (χ3n) is 8.56. The van der Waals surface area contributed by atoms with Crippen LogP contribution in [0.25, 0.3) is 40.3 Å². The third-order valence-corrected chi connectivity index (χ3v) is 10.9. The van der Waals surface area contributed by atoms with Crippen LogP contribution in [0, 0.1) is 11.8 Å². The topological polar surface area (TPSA) is 175 Å². The predicted octanol–water partition coefficient (Wildman–Crippen LogP) is 6.74. The lowest BCUT2D eigenvalue weighted by molar-refractivity contribution is -0.146. The molecule has 0 bridgehead atoms. The summed E-state index contributed by atoms with van der Waals surface area (Å²) in [7, 11) is 0. The van der Waals surface area contributed by atoms with Gasteiger partial charge in [0.2, 0.25) is 0 Å². The number of amides is 2. The van der Waals surface area contributed by atoms with Crippen molar-refractivity contribution in [3.63, 3.8) is 0 Å². The Morgan fingerprint density at radius 1 is 0.627 bits per heavy atom. The number of hydrogen-bond donors (Lipinski definition) is 4. The first-order valence-electron chi connectivity index (χ1n) is 19.3. The van der Waals surface area contributed by atoms with E-state index in [1.807, 2.05) is 74.5 Å². The number of rotatable bonds is 15. The molecule has 4 aromatic carbocycles. The molecule has 0 fully saturated rings. The number of hydrogen-bond acceptors (Lipinski definition) is 12. The van der Waals surface area contributed by atoms with Crippen LogP contribution in [0.3, 0.4) is 0 Å². The van der Waals surface area contributed by atoms with Gasteiger partial charge in [-0.05, 0) is 73.5 Å². The van der Waals surface area contributed by atoms with Gasteiger partial charge >= 0.3 is 5.97 Å². The van der Waals surface area contributed by atoms with Crippen molar-refractivity contribution < 1.29 is 28.6 Å².